The fourth-order valence-electron chi connectivity index (χ4n) is 0.657. The Kier molecular flexibility index (Phi) is 1.52. The molecular weight excluding hydrogens is 124 g/mol. The highest BCUT2D eigenvalue weighted by molar-refractivity contribution is 8.00. The Balaban J connectivity index is 2.54. The summed E-state index contributed by atoms with van der Waals surface area (Å²) in [7, 11) is 0. The zero-order valence-corrected chi connectivity index (χ0v) is 5.32. The Bertz CT molecular complexity index is 92.4. The molecule has 0 aliphatic carbocycles. The Labute approximate surface area is 52.9 Å². The lowest BCUT2D eigenvalue weighted by Crippen LogP contribution is -2.26. The van der Waals surface area contributed by atoms with E-state index in [2.05, 4.69) is 6.92 Å². The summed E-state index contributed by atoms with van der Waals surface area (Å²) in [6, 6.07) is 0. The summed E-state index contributed by atoms with van der Waals surface area (Å²) < 4.78 is 0. The minimum atomic E-state index is -1.54. The van der Waals surface area contributed by atoms with E-state index in [1.807, 2.05) is 0 Å². The second-order valence-electron chi connectivity index (χ2n) is 1.99. The van der Waals surface area contributed by atoms with E-state index >= 15 is 0 Å². The van der Waals surface area contributed by atoms with Crippen molar-refractivity contribution in [2.75, 3.05) is 5.75 Å². The van der Waals surface area contributed by atoms with Gasteiger partial charge in [0.15, 0.2) is 0 Å². The molecule has 1 aliphatic rings. The zero-order valence-electron chi connectivity index (χ0n) is 4.50. The van der Waals surface area contributed by atoms with E-state index in [0.29, 0.717) is 0 Å². The van der Waals surface area contributed by atoms with E-state index in [9.17, 15) is 0 Å². The molecule has 1 rings (SSSR count). The minimum absolute atomic E-state index is 0.215. The summed E-state index contributed by atoms with van der Waals surface area (Å²) in [6.07, 6.45) is 0.803. The van der Waals surface area contributed by atoms with Crippen molar-refractivity contribution < 1.29 is 10.2 Å². The third kappa shape index (κ3) is 0.989. The quantitative estimate of drug-likeness (QED) is 0.464. The number of rotatable bonds is 0. The van der Waals surface area contributed by atoms with E-state index in [4.69, 9.17) is 10.2 Å². The maximum Gasteiger partial charge on any atom is 0.216 e. The van der Waals surface area contributed by atoms with Gasteiger partial charge in [0.2, 0.25) is 5.12 Å². The fraction of sp³-hybridized carbons (Fsp3) is 0.800. The van der Waals surface area contributed by atoms with Crippen molar-refractivity contribution in [1.29, 1.82) is 0 Å². The molecule has 1 aliphatic heterocycles. The van der Waals surface area contributed by atoms with Crippen LogP contribution in [0.5, 0.6) is 0 Å². The molecule has 1 saturated heterocycles. The SMILES string of the molecule is [CH2]C1CCSC1(O)O. The first-order chi connectivity index (χ1) is 3.63. The van der Waals surface area contributed by atoms with Crippen LogP contribution in [0.15, 0.2) is 0 Å². The summed E-state index contributed by atoms with van der Waals surface area (Å²) >= 11 is 1.16. The van der Waals surface area contributed by atoms with Gasteiger partial charge in [-0.05, 0) is 19.1 Å². The maximum absolute atomic E-state index is 8.92. The molecule has 1 heterocycles. The molecule has 1 fully saturated rings. The van der Waals surface area contributed by atoms with Gasteiger partial charge in [-0.25, -0.2) is 0 Å². The van der Waals surface area contributed by atoms with Gasteiger partial charge in [-0.1, -0.05) is 11.8 Å². The molecule has 2 nitrogen and oxygen atoms in total. The normalized spacial score (nSPS) is 35.6. The lowest BCUT2D eigenvalue weighted by molar-refractivity contribution is -0.101. The van der Waals surface area contributed by atoms with Gasteiger partial charge in [0.25, 0.3) is 0 Å². The van der Waals surface area contributed by atoms with E-state index < -0.39 is 5.12 Å². The molecule has 3 heteroatoms. The van der Waals surface area contributed by atoms with Gasteiger partial charge < -0.3 is 10.2 Å². The molecule has 0 spiro atoms. The van der Waals surface area contributed by atoms with Crippen LogP contribution < -0.4 is 0 Å². The Morgan fingerprint density at radius 2 is 2.25 bits per heavy atom. The highest BCUT2D eigenvalue weighted by Crippen LogP contribution is 2.37. The lowest BCUT2D eigenvalue weighted by atomic mass is 10.1. The summed E-state index contributed by atoms with van der Waals surface area (Å²) in [5.74, 6) is 0.591. The molecule has 2 N–H and O–H groups in total. The molecule has 0 aromatic rings. The first-order valence-electron chi connectivity index (χ1n) is 2.55. The van der Waals surface area contributed by atoms with Crippen molar-refractivity contribution in [3.05, 3.63) is 6.92 Å². The average Bonchev–Trinajstić information content (AvgIpc) is 1.86. The van der Waals surface area contributed by atoms with Crippen molar-refractivity contribution >= 4 is 11.8 Å². The standard InChI is InChI=1S/C5H9O2S/c1-4-2-3-8-5(4,6)7/h4,6-7H,1-3H2. The van der Waals surface area contributed by atoms with Crippen molar-refractivity contribution in [2.24, 2.45) is 5.92 Å². The van der Waals surface area contributed by atoms with Gasteiger partial charge in [0.05, 0.1) is 0 Å². The number of hydrogen-bond acceptors (Lipinski definition) is 3. The summed E-state index contributed by atoms with van der Waals surface area (Å²) in [5, 5.41) is 16.3. The molecule has 0 saturated carbocycles. The Morgan fingerprint density at radius 3 is 2.38 bits per heavy atom. The van der Waals surface area contributed by atoms with Gasteiger partial charge in [-0.15, -0.1) is 0 Å². The van der Waals surface area contributed by atoms with E-state index in [-0.39, 0.29) is 5.92 Å². The van der Waals surface area contributed by atoms with Gasteiger partial charge in [-0.2, -0.15) is 0 Å². The Hall–Kier alpha value is 0.270. The molecular formula is C5H9O2S. The first kappa shape index (κ1) is 6.39. The van der Waals surface area contributed by atoms with Crippen LogP contribution in [0.3, 0.4) is 0 Å². The van der Waals surface area contributed by atoms with Crippen LogP contribution in [0, 0.1) is 12.8 Å². The third-order valence-electron chi connectivity index (χ3n) is 1.31. The Morgan fingerprint density at radius 1 is 1.62 bits per heavy atom. The van der Waals surface area contributed by atoms with Crippen LogP contribution in [0.2, 0.25) is 0 Å². The minimum Gasteiger partial charge on any atom is -0.357 e. The molecule has 0 amide bonds. The summed E-state index contributed by atoms with van der Waals surface area (Å²) in [4.78, 5) is 0. The second kappa shape index (κ2) is 1.90. The van der Waals surface area contributed by atoms with Crippen LogP contribution in [-0.2, 0) is 0 Å². The molecule has 8 heavy (non-hydrogen) atoms. The van der Waals surface area contributed by atoms with Crippen molar-refractivity contribution in [1.82, 2.24) is 0 Å². The predicted molar refractivity (Wildman–Crippen MR) is 33.1 cm³/mol. The summed E-state index contributed by atoms with van der Waals surface area (Å²) in [6.45, 7) is 3.57. The molecule has 1 atom stereocenters. The van der Waals surface area contributed by atoms with E-state index in [1.54, 1.807) is 0 Å². The van der Waals surface area contributed by atoms with Crippen molar-refractivity contribution in [2.45, 2.75) is 11.5 Å². The number of aliphatic hydroxyl groups is 2. The van der Waals surface area contributed by atoms with Crippen LogP contribution >= 0.6 is 11.8 Å². The lowest BCUT2D eigenvalue weighted by Gasteiger charge is -2.17. The fourth-order valence-corrected chi connectivity index (χ4v) is 1.71. The molecule has 0 aromatic carbocycles. The zero-order chi connectivity index (χ0) is 6.20. The van der Waals surface area contributed by atoms with Crippen molar-refractivity contribution in [3.63, 3.8) is 0 Å². The largest absolute Gasteiger partial charge is 0.357 e. The van der Waals surface area contributed by atoms with Crippen LogP contribution in [0.25, 0.3) is 0 Å². The topological polar surface area (TPSA) is 40.5 Å². The van der Waals surface area contributed by atoms with Gasteiger partial charge in [-0.3, -0.25) is 0 Å². The number of thioether (sulfide) groups is 1. The van der Waals surface area contributed by atoms with E-state index in [0.717, 1.165) is 23.9 Å². The highest BCUT2D eigenvalue weighted by atomic mass is 32.2. The van der Waals surface area contributed by atoms with Crippen LogP contribution in [0.1, 0.15) is 6.42 Å². The van der Waals surface area contributed by atoms with Crippen molar-refractivity contribution in [3.8, 4) is 0 Å². The molecule has 47 valence electrons. The average molecular weight is 133 g/mol. The number of hydrogen-bond donors (Lipinski definition) is 2. The van der Waals surface area contributed by atoms with Gasteiger partial charge >= 0.3 is 0 Å². The maximum atomic E-state index is 8.92. The predicted octanol–water partition coefficient (Wildman–Crippen LogP) is 0.212. The third-order valence-corrected chi connectivity index (χ3v) is 2.51. The second-order valence-corrected chi connectivity index (χ2v) is 3.29. The smallest absolute Gasteiger partial charge is 0.216 e. The molecule has 1 unspecified atom stereocenters. The monoisotopic (exact) mass is 133 g/mol. The first-order valence-corrected chi connectivity index (χ1v) is 3.53. The van der Waals surface area contributed by atoms with E-state index in [1.165, 1.54) is 0 Å². The molecule has 0 aromatic heterocycles. The van der Waals surface area contributed by atoms with Crippen LogP contribution in [-0.4, -0.2) is 21.1 Å². The molecule has 1 radical (unpaired) electrons. The van der Waals surface area contributed by atoms with Gasteiger partial charge in [0, 0.05) is 5.92 Å². The summed E-state index contributed by atoms with van der Waals surface area (Å²) in [5.41, 5.74) is 0. The highest BCUT2D eigenvalue weighted by Gasteiger charge is 2.36. The van der Waals surface area contributed by atoms with Crippen LogP contribution in [0.4, 0.5) is 0 Å². The molecule has 0 bridgehead atoms. The van der Waals surface area contributed by atoms with Gasteiger partial charge in [0.1, 0.15) is 0 Å².